The molecule has 0 radical (unpaired) electrons. The number of fused-ring (bicyclic) bond motifs is 2. The fourth-order valence-electron chi connectivity index (χ4n) is 4.36. The molecule has 0 spiro atoms. The maximum Gasteiger partial charge on any atom is 0.289 e. The van der Waals surface area contributed by atoms with Gasteiger partial charge in [0.1, 0.15) is 11.4 Å². The number of hydrogen-bond acceptors (Lipinski definition) is 5. The normalized spacial score (nSPS) is 12.1. The van der Waals surface area contributed by atoms with E-state index in [9.17, 15) is 9.59 Å². The number of pyridine rings is 1. The number of aromatic nitrogens is 1. The summed E-state index contributed by atoms with van der Waals surface area (Å²) in [4.78, 5) is 30.6. The number of Topliss-reactive ketones (excluding diaryl/α,β-unsaturated/α-hetero) is 1. The number of furan rings is 1. The number of nitrogens with zero attached hydrogens (tertiary/aromatic N) is 1. The molecule has 1 unspecified atom stereocenters. The van der Waals surface area contributed by atoms with E-state index in [1.165, 1.54) is 0 Å². The van der Waals surface area contributed by atoms with Gasteiger partial charge < -0.3 is 14.5 Å². The maximum absolute atomic E-state index is 13.3. The zero-order valence-electron chi connectivity index (χ0n) is 20.8. The Hall–Kier alpha value is -4.45. The van der Waals surface area contributed by atoms with Crippen LogP contribution >= 0.6 is 0 Å². The van der Waals surface area contributed by atoms with Crippen LogP contribution in [0.3, 0.4) is 0 Å². The van der Waals surface area contributed by atoms with Crippen LogP contribution in [0.2, 0.25) is 0 Å². The Labute approximate surface area is 215 Å². The van der Waals surface area contributed by atoms with Gasteiger partial charge in [-0.1, -0.05) is 80.6 Å². The lowest BCUT2D eigenvalue weighted by Crippen LogP contribution is -2.37. The lowest BCUT2D eigenvalue weighted by Gasteiger charge is -2.21. The Kier molecular flexibility index (Phi) is 6.99. The molecule has 0 saturated heterocycles. The van der Waals surface area contributed by atoms with E-state index in [2.05, 4.69) is 10.3 Å². The van der Waals surface area contributed by atoms with Crippen molar-refractivity contribution in [2.45, 2.75) is 32.8 Å². The molecule has 0 bridgehead atoms. The topological polar surface area (TPSA) is 81.4 Å². The second-order valence-corrected chi connectivity index (χ2v) is 9.31. The van der Waals surface area contributed by atoms with Crippen LogP contribution in [0, 0.1) is 5.92 Å². The predicted molar refractivity (Wildman–Crippen MR) is 145 cm³/mol. The Morgan fingerprint density at radius 1 is 0.892 bits per heavy atom. The maximum atomic E-state index is 13.3. The van der Waals surface area contributed by atoms with E-state index in [1.807, 2.05) is 98.8 Å². The first-order valence-electron chi connectivity index (χ1n) is 12.4. The number of amides is 1. The smallest absolute Gasteiger partial charge is 0.289 e. The minimum Gasteiger partial charge on any atom is -0.451 e. The number of benzene rings is 3. The number of ketones is 1. The minimum absolute atomic E-state index is 0.0392. The predicted octanol–water partition coefficient (Wildman–Crippen LogP) is 6.84. The van der Waals surface area contributed by atoms with Crippen LogP contribution in [0.5, 0.6) is 5.95 Å². The van der Waals surface area contributed by atoms with Gasteiger partial charge >= 0.3 is 0 Å². The number of aryl methyl sites for hydroxylation is 1. The summed E-state index contributed by atoms with van der Waals surface area (Å²) in [6, 6.07) is 28.2. The minimum atomic E-state index is -0.822. The van der Waals surface area contributed by atoms with Crippen molar-refractivity contribution in [2.75, 3.05) is 5.32 Å². The molecule has 0 fully saturated rings. The van der Waals surface area contributed by atoms with Crippen molar-refractivity contribution < 1.29 is 18.7 Å². The molecule has 186 valence electrons. The Bertz CT molecular complexity index is 1560. The lowest BCUT2D eigenvalue weighted by atomic mass is 10.0. The molecule has 3 aromatic carbocycles. The van der Waals surface area contributed by atoms with Crippen LogP contribution in [0.15, 0.2) is 95.4 Å². The summed E-state index contributed by atoms with van der Waals surface area (Å²) < 4.78 is 12.3. The highest BCUT2D eigenvalue weighted by Crippen LogP contribution is 2.34. The van der Waals surface area contributed by atoms with Crippen molar-refractivity contribution >= 4 is 39.4 Å². The number of ether oxygens (including phenoxy) is 1. The summed E-state index contributed by atoms with van der Waals surface area (Å²) in [5.74, 6) is 0.299. The zero-order chi connectivity index (χ0) is 25.8. The van der Waals surface area contributed by atoms with Crippen molar-refractivity contribution in [1.29, 1.82) is 0 Å². The number of carbonyl (C=O) groups excluding carboxylic acids is 2. The average molecular weight is 493 g/mol. The number of rotatable bonds is 9. The van der Waals surface area contributed by atoms with Gasteiger partial charge in [0.2, 0.25) is 0 Å². The van der Waals surface area contributed by atoms with Crippen molar-refractivity contribution in [3.8, 4) is 5.95 Å². The fraction of sp³-hybridized carbons (Fsp3) is 0.194. The largest absolute Gasteiger partial charge is 0.451 e. The van der Waals surface area contributed by atoms with Gasteiger partial charge in [0, 0.05) is 28.3 Å². The molecular weight excluding hydrogens is 464 g/mol. The standard InChI is InChI=1S/C31H28N2O4/c1-20(2)29(30(35)33-28-19-16-21-10-6-8-14-25(21)32-28)37-31-24(23-13-7-9-15-27(23)36-31)17-18-26(34)22-11-4-3-5-12-22/h3-16,19-20,29H,17-18H2,1-2H3,(H,32,33,35). The van der Waals surface area contributed by atoms with E-state index < -0.39 is 6.10 Å². The molecular formula is C31H28N2O4. The van der Waals surface area contributed by atoms with E-state index in [0.29, 0.717) is 29.8 Å². The van der Waals surface area contributed by atoms with Gasteiger partial charge in [0.15, 0.2) is 11.9 Å². The van der Waals surface area contributed by atoms with Crippen LogP contribution in [0.4, 0.5) is 5.82 Å². The molecule has 0 aliphatic carbocycles. The highest BCUT2D eigenvalue weighted by Gasteiger charge is 2.28. The first-order chi connectivity index (χ1) is 18.0. The molecule has 5 rings (SSSR count). The Morgan fingerprint density at radius 3 is 2.43 bits per heavy atom. The third kappa shape index (κ3) is 5.38. The van der Waals surface area contributed by atoms with Crippen molar-refractivity contribution in [3.05, 3.63) is 102 Å². The number of hydrogen-bond donors (Lipinski definition) is 1. The molecule has 1 amide bonds. The summed E-state index contributed by atoms with van der Waals surface area (Å²) in [6.45, 7) is 3.83. The van der Waals surface area contributed by atoms with Gasteiger partial charge in [0.05, 0.1) is 5.52 Å². The molecule has 1 N–H and O–H groups in total. The number of carbonyl (C=O) groups is 2. The van der Waals surface area contributed by atoms with Crippen LogP contribution in [-0.4, -0.2) is 22.8 Å². The average Bonchev–Trinajstić information content (AvgIpc) is 3.27. The number of nitrogens with one attached hydrogen (secondary N) is 1. The fourth-order valence-corrected chi connectivity index (χ4v) is 4.36. The monoisotopic (exact) mass is 492 g/mol. The van der Waals surface area contributed by atoms with Crippen LogP contribution < -0.4 is 10.1 Å². The third-order valence-corrected chi connectivity index (χ3v) is 6.31. The van der Waals surface area contributed by atoms with E-state index in [0.717, 1.165) is 21.9 Å². The molecule has 2 heterocycles. The summed E-state index contributed by atoms with van der Waals surface area (Å²) in [5, 5.41) is 4.76. The van der Waals surface area contributed by atoms with Gasteiger partial charge in [-0.3, -0.25) is 9.59 Å². The molecule has 6 heteroatoms. The summed E-state index contributed by atoms with van der Waals surface area (Å²) in [6.07, 6.45) is -0.0974. The second kappa shape index (κ2) is 10.7. The number of para-hydroxylation sites is 2. The first-order valence-corrected chi connectivity index (χ1v) is 12.4. The molecule has 5 aromatic rings. The van der Waals surface area contributed by atoms with Crippen molar-refractivity contribution in [2.24, 2.45) is 5.92 Å². The lowest BCUT2D eigenvalue weighted by molar-refractivity contribution is -0.125. The SMILES string of the molecule is CC(C)C(Oc1oc2ccccc2c1CCC(=O)c1ccccc1)C(=O)Nc1ccc2ccccc2n1. The summed E-state index contributed by atoms with van der Waals surface area (Å²) in [7, 11) is 0. The molecule has 0 aliphatic heterocycles. The van der Waals surface area contributed by atoms with Crippen molar-refractivity contribution in [3.63, 3.8) is 0 Å². The Balaban J connectivity index is 1.38. The van der Waals surface area contributed by atoms with Gasteiger partial charge in [0.25, 0.3) is 11.9 Å². The van der Waals surface area contributed by atoms with Crippen LogP contribution in [0.1, 0.15) is 36.2 Å². The summed E-state index contributed by atoms with van der Waals surface area (Å²) >= 11 is 0. The Morgan fingerprint density at radius 2 is 1.62 bits per heavy atom. The van der Waals surface area contributed by atoms with Gasteiger partial charge in [-0.05, 0) is 36.6 Å². The first kappa shape index (κ1) is 24.3. The quantitative estimate of drug-likeness (QED) is 0.228. The van der Waals surface area contributed by atoms with Crippen molar-refractivity contribution in [1.82, 2.24) is 4.98 Å². The van der Waals surface area contributed by atoms with E-state index >= 15 is 0 Å². The van der Waals surface area contributed by atoms with Crippen LogP contribution in [0.25, 0.3) is 21.9 Å². The molecule has 2 aromatic heterocycles. The molecule has 0 aliphatic rings. The number of anilines is 1. The van der Waals surface area contributed by atoms with Crippen LogP contribution in [-0.2, 0) is 11.2 Å². The van der Waals surface area contributed by atoms with E-state index in [-0.39, 0.29) is 23.6 Å². The highest BCUT2D eigenvalue weighted by molar-refractivity contribution is 5.97. The molecule has 1 atom stereocenters. The molecule has 37 heavy (non-hydrogen) atoms. The van der Waals surface area contributed by atoms with Gasteiger partial charge in [-0.25, -0.2) is 4.98 Å². The van der Waals surface area contributed by atoms with Gasteiger partial charge in [-0.15, -0.1) is 0 Å². The van der Waals surface area contributed by atoms with E-state index in [4.69, 9.17) is 9.15 Å². The second-order valence-electron chi connectivity index (χ2n) is 9.31. The molecule has 6 nitrogen and oxygen atoms in total. The van der Waals surface area contributed by atoms with E-state index in [1.54, 1.807) is 6.07 Å². The molecule has 0 saturated carbocycles. The zero-order valence-corrected chi connectivity index (χ0v) is 20.8. The summed E-state index contributed by atoms with van der Waals surface area (Å²) in [5.41, 5.74) is 2.89. The van der Waals surface area contributed by atoms with Gasteiger partial charge in [-0.2, -0.15) is 0 Å². The third-order valence-electron chi connectivity index (χ3n) is 6.31. The highest BCUT2D eigenvalue weighted by atomic mass is 16.6.